The molecule has 0 bridgehead atoms. The van der Waals surface area contributed by atoms with E-state index in [0.717, 1.165) is 0 Å². The van der Waals surface area contributed by atoms with Crippen LogP contribution in [0.3, 0.4) is 0 Å². The van der Waals surface area contributed by atoms with E-state index in [0.29, 0.717) is 17.0 Å². The largest absolute Gasteiger partial charge is 0.382 e. The molecule has 1 atom stereocenters. The van der Waals surface area contributed by atoms with Crippen LogP contribution in [-0.4, -0.2) is 25.0 Å². The molecule has 0 amide bonds. The molecule has 7 heteroatoms. The number of rotatable bonds is 1. The maximum atomic E-state index is 5.63. The zero-order valence-electron chi connectivity index (χ0n) is 7.05. The van der Waals surface area contributed by atoms with Gasteiger partial charge >= 0.3 is 0 Å². The lowest BCUT2D eigenvalue weighted by atomic mass is 10.5. The maximum absolute atomic E-state index is 5.63. The number of fused-ring (bicyclic) bond motifs is 1. The van der Waals surface area contributed by atoms with Gasteiger partial charge in [-0.05, 0) is 6.92 Å². The van der Waals surface area contributed by atoms with Gasteiger partial charge in [0, 0.05) is 0 Å². The van der Waals surface area contributed by atoms with Gasteiger partial charge in [-0.2, -0.15) is 0 Å². The van der Waals surface area contributed by atoms with Crippen LogP contribution in [0, 0.1) is 0 Å². The van der Waals surface area contributed by atoms with Gasteiger partial charge in [0.2, 0.25) is 0 Å². The van der Waals surface area contributed by atoms with Crippen molar-refractivity contribution in [1.82, 2.24) is 25.0 Å². The fraction of sp³-hybridized carbons (Fsp3) is 0.333. The highest BCUT2D eigenvalue weighted by Gasteiger charge is 2.10. The van der Waals surface area contributed by atoms with Gasteiger partial charge in [-0.1, -0.05) is 5.21 Å². The zero-order chi connectivity index (χ0) is 9.42. The molecule has 2 aromatic heterocycles. The van der Waals surface area contributed by atoms with Crippen molar-refractivity contribution in [2.24, 2.45) is 5.73 Å². The minimum atomic E-state index is -0.278. The molecule has 0 saturated heterocycles. The van der Waals surface area contributed by atoms with Gasteiger partial charge in [-0.15, -0.1) is 5.10 Å². The van der Waals surface area contributed by atoms with Crippen molar-refractivity contribution in [1.29, 1.82) is 0 Å². The first-order chi connectivity index (χ1) is 6.20. The van der Waals surface area contributed by atoms with Crippen molar-refractivity contribution in [3.05, 3.63) is 6.33 Å². The SMILES string of the molecule is CC(N)n1nnc2c(N)ncnc21. The van der Waals surface area contributed by atoms with Gasteiger partial charge in [0.05, 0.1) is 0 Å². The Morgan fingerprint density at radius 3 is 2.92 bits per heavy atom. The van der Waals surface area contributed by atoms with Gasteiger partial charge in [0.25, 0.3) is 0 Å². The second-order valence-electron chi connectivity index (χ2n) is 2.71. The predicted molar refractivity (Wildman–Crippen MR) is 46.4 cm³/mol. The number of nitrogens with zero attached hydrogens (tertiary/aromatic N) is 5. The Morgan fingerprint density at radius 2 is 2.23 bits per heavy atom. The van der Waals surface area contributed by atoms with Crippen LogP contribution >= 0.6 is 0 Å². The second kappa shape index (κ2) is 2.63. The summed E-state index contributed by atoms with van der Waals surface area (Å²) in [5.41, 5.74) is 12.2. The minimum Gasteiger partial charge on any atom is -0.382 e. The summed E-state index contributed by atoms with van der Waals surface area (Å²) in [6.45, 7) is 1.78. The normalized spacial score (nSPS) is 13.4. The highest BCUT2D eigenvalue weighted by atomic mass is 15.5. The minimum absolute atomic E-state index is 0.278. The molecule has 0 fully saturated rings. The molecular formula is C6H9N7. The third kappa shape index (κ3) is 1.09. The number of aromatic nitrogens is 5. The van der Waals surface area contributed by atoms with E-state index < -0.39 is 0 Å². The van der Waals surface area contributed by atoms with Crippen molar-refractivity contribution >= 4 is 17.0 Å². The first-order valence-corrected chi connectivity index (χ1v) is 3.77. The van der Waals surface area contributed by atoms with Crippen LogP contribution in [-0.2, 0) is 0 Å². The highest BCUT2D eigenvalue weighted by molar-refractivity contribution is 5.80. The fourth-order valence-corrected chi connectivity index (χ4v) is 1.06. The molecule has 0 aromatic carbocycles. The van der Waals surface area contributed by atoms with E-state index in [-0.39, 0.29) is 6.17 Å². The van der Waals surface area contributed by atoms with Crippen molar-refractivity contribution < 1.29 is 0 Å². The fourth-order valence-electron chi connectivity index (χ4n) is 1.06. The summed E-state index contributed by atoms with van der Waals surface area (Å²) >= 11 is 0. The molecule has 0 radical (unpaired) electrons. The molecular weight excluding hydrogens is 170 g/mol. The summed E-state index contributed by atoms with van der Waals surface area (Å²) in [6, 6.07) is 0. The third-order valence-electron chi connectivity index (χ3n) is 1.68. The molecule has 68 valence electrons. The Bertz CT molecular complexity index is 431. The molecule has 1 unspecified atom stereocenters. The van der Waals surface area contributed by atoms with Crippen molar-refractivity contribution in [2.75, 3.05) is 5.73 Å². The second-order valence-corrected chi connectivity index (χ2v) is 2.71. The quantitative estimate of drug-likeness (QED) is 0.598. The summed E-state index contributed by atoms with van der Waals surface area (Å²) in [4.78, 5) is 7.78. The Hall–Kier alpha value is -1.76. The van der Waals surface area contributed by atoms with E-state index in [1.54, 1.807) is 6.92 Å². The Morgan fingerprint density at radius 1 is 1.46 bits per heavy atom. The lowest BCUT2D eigenvalue weighted by Crippen LogP contribution is -2.16. The highest BCUT2D eigenvalue weighted by Crippen LogP contribution is 2.13. The van der Waals surface area contributed by atoms with Gasteiger partial charge in [-0.3, -0.25) is 0 Å². The van der Waals surface area contributed by atoms with E-state index in [9.17, 15) is 0 Å². The molecule has 7 nitrogen and oxygen atoms in total. The van der Waals surface area contributed by atoms with E-state index >= 15 is 0 Å². The zero-order valence-corrected chi connectivity index (χ0v) is 7.05. The van der Waals surface area contributed by atoms with Crippen LogP contribution in [0.2, 0.25) is 0 Å². The van der Waals surface area contributed by atoms with Crippen molar-refractivity contribution in [2.45, 2.75) is 13.1 Å². The molecule has 0 aliphatic rings. The monoisotopic (exact) mass is 179 g/mol. The van der Waals surface area contributed by atoms with Crippen LogP contribution in [0.15, 0.2) is 6.33 Å². The molecule has 0 saturated carbocycles. The number of nitrogen functional groups attached to an aromatic ring is 1. The third-order valence-corrected chi connectivity index (χ3v) is 1.68. The van der Waals surface area contributed by atoms with Crippen LogP contribution in [0.5, 0.6) is 0 Å². The van der Waals surface area contributed by atoms with Gasteiger partial charge in [-0.25, -0.2) is 14.6 Å². The van der Waals surface area contributed by atoms with E-state index in [1.165, 1.54) is 11.0 Å². The van der Waals surface area contributed by atoms with Crippen molar-refractivity contribution in [3.8, 4) is 0 Å². The van der Waals surface area contributed by atoms with Gasteiger partial charge in [0.1, 0.15) is 12.5 Å². The Kier molecular flexibility index (Phi) is 1.59. The van der Waals surface area contributed by atoms with Gasteiger partial charge < -0.3 is 11.5 Å². The smallest absolute Gasteiger partial charge is 0.185 e. The number of anilines is 1. The lowest BCUT2D eigenvalue weighted by molar-refractivity contribution is 0.504. The first-order valence-electron chi connectivity index (χ1n) is 3.77. The molecule has 13 heavy (non-hydrogen) atoms. The standard InChI is InChI=1S/C6H9N7/c1-3(7)13-6-4(11-12-13)5(8)9-2-10-6/h2-3H,7H2,1H3,(H2,8,9,10). The van der Waals surface area contributed by atoms with Crippen LogP contribution in [0.4, 0.5) is 5.82 Å². The van der Waals surface area contributed by atoms with E-state index in [2.05, 4.69) is 20.3 Å². The molecule has 2 rings (SSSR count). The van der Waals surface area contributed by atoms with Crippen molar-refractivity contribution in [3.63, 3.8) is 0 Å². The average Bonchev–Trinajstić information content (AvgIpc) is 2.48. The predicted octanol–water partition coefficient (Wildman–Crippen LogP) is -0.719. The summed E-state index contributed by atoms with van der Waals surface area (Å²) in [6.07, 6.45) is 1.08. The summed E-state index contributed by atoms with van der Waals surface area (Å²) in [5, 5.41) is 7.64. The molecule has 0 aliphatic carbocycles. The first kappa shape index (κ1) is 7.87. The van der Waals surface area contributed by atoms with Crippen LogP contribution < -0.4 is 11.5 Å². The Balaban J connectivity index is 2.75. The molecule has 0 spiro atoms. The number of nitrogens with two attached hydrogens (primary N) is 2. The topological polar surface area (TPSA) is 109 Å². The molecule has 2 aromatic rings. The van der Waals surface area contributed by atoms with E-state index in [1.807, 2.05) is 0 Å². The van der Waals surface area contributed by atoms with E-state index in [4.69, 9.17) is 11.5 Å². The summed E-state index contributed by atoms with van der Waals surface area (Å²) in [7, 11) is 0. The number of hydrogen-bond acceptors (Lipinski definition) is 6. The molecule has 0 aliphatic heterocycles. The van der Waals surface area contributed by atoms with Crippen LogP contribution in [0.25, 0.3) is 11.2 Å². The average molecular weight is 179 g/mol. The molecule has 4 N–H and O–H groups in total. The molecule has 2 heterocycles. The maximum Gasteiger partial charge on any atom is 0.185 e. The van der Waals surface area contributed by atoms with Crippen LogP contribution in [0.1, 0.15) is 13.1 Å². The Labute approximate surface area is 73.8 Å². The summed E-state index contributed by atoms with van der Waals surface area (Å²) in [5.74, 6) is 0.317. The van der Waals surface area contributed by atoms with Gasteiger partial charge in [0.15, 0.2) is 17.0 Å². The lowest BCUT2D eigenvalue weighted by Gasteiger charge is -2.03. The summed E-state index contributed by atoms with van der Waals surface area (Å²) < 4.78 is 1.49. The number of hydrogen-bond donors (Lipinski definition) is 2.